The third-order valence-electron chi connectivity index (χ3n) is 2.82. The summed E-state index contributed by atoms with van der Waals surface area (Å²) in [6, 6.07) is 2.05. The fourth-order valence-electron chi connectivity index (χ4n) is 1.87. The van der Waals surface area contributed by atoms with E-state index in [0.717, 1.165) is 25.2 Å². The van der Waals surface area contributed by atoms with E-state index >= 15 is 0 Å². The molecule has 1 aromatic heterocycles. The van der Waals surface area contributed by atoms with Gasteiger partial charge in [0.25, 0.3) is 5.91 Å². The first-order chi connectivity index (χ1) is 7.20. The first kappa shape index (κ1) is 13.1. The Labute approximate surface area is 101 Å². The number of rotatable bonds is 1. The average Bonchev–Trinajstić information content (AvgIpc) is 2.64. The SMILES string of the molecule is Cc1ccoc1C(=O)N1CCNC[C@@H]1C.Cl. The third-order valence-corrected chi connectivity index (χ3v) is 2.82. The van der Waals surface area contributed by atoms with Gasteiger partial charge in [-0.1, -0.05) is 0 Å². The van der Waals surface area contributed by atoms with E-state index in [9.17, 15) is 4.79 Å². The van der Waals surface area contributed by atoms with Crippen LogP contribution in [0.25, 0.3) is 0 Å². The highest BCUT2D eigenvalue weighted by molar-refractivity contribution is 5.93. The molecule has 0 saturated carbocycles. The molecule has 2 rings (SSSR count). The molecule has 1 aliphatic heterocycles. The molecule has 0 bridgehead atoms. The van der Waals surface area contributed by atoms with Crippen molar-refractivity contribution in [3.63, 3.8) is 0 Å². The van der Waals surface area contributed by atoms with Crippen molar-refractivity contribution < 1.29 is 9.21 Å². The van der Waals surface area contributed by atoms with Crippen LogP contribution in [-0.2, 0) is 0 Å². The van der Waals surface area contributed by atoms with Crippen molar-refractivity contribution in [2.24, 2.45) is 0 Å². The van der Waals surface area contributed by atoms with Crippen LogP contribution in [0, 0.1) is 6.92 Å². The molecule has 1 amide bonds. The number of halogens is 1. The maximum Gasteiger partial charge on any atom is 0.290 e. The third kappa shape index (κ3) is 2.39. The number of carbonyl (C=O) groups excluding carboxylic acids is 1. The lowest BCUT2D eigenvalue weighted by Gasteiger charge is -2.33. The van der Waals surface area contributed by atoms with E-state index < -0.39 is 0 Å². The molecule has 1 aliphatic rings. The Morgan fingerprint density at radius 2 is 2.38 bits per heavy atom. The molecule has 4 nitrogen and oxygen atoms in total. The number of carbonyl (C=O) groups is 1. The number of amides is 1. The molecule has 90 valence electrons. The van der Waals surface area contributed by atoms with Crippen LogP contribution in [0.1, 0.15) is 23.0 Å². The number of nitrogens with one attached hydrogen (secondary N) is 1. The zero-order valence-corrected chi connectivity index (χ0v) is 10.3. The maximum atomic E-state index is 12.1. The first-order valence-electron chi connectivity index (χ1n) is 5.26. The lowest BCUT2D eigenvalue weighted by molar-refractivity contribution is 0.0622. The maximum absolute atomic E-state index is 12.1. The van der Waals surface area contributed by atoms with Gasteiger partial charge < -0.3 is 14.6 Å². The predicted octanol–water partition coefficient (Wildman–Crippen LogP) is 1.44. The van der Waals surface area contributed by atoms with Gasteiger partial charge in [0.15, 0.2) is 5.76 Å². The molecule has 1 atom stereocenters. The van der Waals surface area contributed by atoms with Crippen molar-refractivity contribution in [1.82, 2.24) is 10.2 Å². The monoisotopic (exact) mass is 244 g/mol. The highest BCUT2D eigenvalue weighted by Gasteiger charge is 2.26. The Balaban J connectivity index is 0.00000128. The van der Waals surface area contributed by atoms with Crippen LogP contribution in [0.5, 0.6) is 0 Å². The Morgan fingerprint density at radius 1 is 1.62 bits per heavy atom. The summed E-state index contributed by atoms with van der Waals surface area (Å²) in [6.07, 6.45) is 1.56. The molecule has 1 fully saturated rings. The number of furan rings is 1. The molecule has 1 saturated heterocycles. The highest BCUT2D eigenvalue weighted by atomic mass is 35.5. The van der Waals surface area contributed by atoms with Gasteiger partial charge in [-0.15, -0.1) is 12.4 Å². The second kappa shape index (κ2) is 5.37. The molecular weight excluding hydrogens is 228 g/mol. The van der Waals surface area contributed by atoms with Crippen molar-refractivity contribution >= 4 is 18.3 Å². The first-order valence-corrected chi connectivity index (χ1v) is 5.26. The van der Waals surface area contributed by atoms with E-state index in [1.807, 2.05) is 24.8 Å². The van der Waals surface area contributed by atoms with E-state index in [4.69, 9.17) is 4.42 Å². The summed E-state index contributed by atoms with van der Waals surface area (Å²) in [5.41, 5.74) is 0.908. The summed E-state index contributed by atoms with van der Waals surface area (Å²) in [5, 5.41) is 3.25. The van der Waals surface area contributed by atoms with Gasteiger partial charge in [0.1, 0.15) is 0 Å². The molecule has 1 N–H and O–H groups in total. The van der Waals surface area contributed by atoms with Gasteiger partial charge in [0.05, 0.1) is 6.26 Å². The van der Waals surface area contributed by atoms with E-state index in [2.05, 4.69) is 5.32 Å². The second-order valence-electron chi connectivity index (χ2n) is 3.98. The van der Waals surface area contributed by atoms with Crippen molar-refractivity contribution in [2.75, 3.05) is 19.6 Å². The van der Waals surface area contributed by atoms with Gasteiger partial charge in [0, 0.05) is 31.2 Å². The quantitative estimate of drug-likeness (QED) is 0.813. The Hall–Kier alpha value is -1.00. The fraction of sp³-hybridized carbons (Fsp3) is 0.545. The number of piperazine rings is 1. The molecule has 0 spiro atoms. The largest absolute Gasteiger partial charge is 0.459 e. The molecule has 16 heavy (non-hydrogen) atoms. The summed E-state index contributed by atoms with van der Waals surface area (Å²) >= 11 is 0. The minimum atomic E-state index is 0. The topological polar surface area (TPSA) is 45.5 Å². The molecule has 1 aromatic rings. The number of nitrogens with zero attached hydrogens (tertiary/aromatic N) is 1. The Bertz CT molecular complexity index is 365. The van der Waals surface area contributed by atoms with Crippen LogP contribution in [0.15, 0.2) is 16.7 Å². The summed E-state index contributed by atoms with van der Waals surface area (Å²) in [7, 11) is 0. The van der Waals surface area contributed by atoms with Crippen LogP contribution < -0.4 is 5.32 Å². The molecule has 2 heterocycles. The van der Waals surface area contributed by atoms with Crippen LogP contribution in [0.3, 0.4) is 0 Å². The lowest BCUT2D eigenvalue weighted by Crippen LogP contribution is -2.52. The summed E-state index contributed by atoms with van der Waals surface area (Å²) in [6.45, 7) is 6.40. The van der Waals surface area contributed by atoms with Crippen LogP contribution >= 0.6 is 12.4 Å². The molecule has 0 unspecified atom stereocenters. The average molecular weight is 245 g/mol. The normalized spacial score (nSPS) is 20.4. The fourth-order valence-corrected chi connectivity index (χ4v) is 1.87. The molecule has 0 aliphatic carbocycles. The van der Waals surface area contributed by atoms with Gasteiger partial charge in [-0.3, -0.25) is 4.79 Å². The predicted molar refractivity (Wildman–Crippen MR) is 64.1 cm³/mol. The van der Waals surface area contributed by atoms with E-state index in [-0.39, 0.29) is 24.4 Å². The van der Waals surface area contributed by atoms with E-state index in [1.54, 1.807) is 6.26 Å². The van der Waals surface area contributed by atoms with Crippen molar-refractivity contribution in [2.45, 2.75) is 19.9 Å². The zero-order chi connectivity index (χ0) is 10.8. The summed E-state index contributed by atoms with van der Waals surface area (Å²) in [5.74, 6) is 0.482. The van der Waals surface area contributed by atoms with Crippen molar-refractivity contribution in [3.8, 4) is 0 Å². The van der Waals surface area contributed by atoms with Crippen LogP contribution in [-0.4, -0.2) is 36.5 Å². The van der Waals surface area contributed by atoms with Crippen molar-refractivity contribution in [1.29, 1.82) is 0 Å². The Kier molecular flexibility index (Phi) is 4.38. The molecule has 0 radical (unpaired) electrons. The zero-order valence-electron chi connectivity index (χ0n) is 9.53. The van der Waals surface area contributed by atoms with Gasteiger partial charge in [0.2, 0.25) is 0 Å². The van der Waals surface area contributed by atoms with Gasteiger partial charge in [-0.05, 0) is 19.9 Å². The van der Waals surface area contributed by atoms with Crippen molar-refractivity contribution in [3.05, 3.63) is 23.7 Å². The minimum Gasteiger partial charge on any atom is -0.459 e. The smallest absolute Gasteiger partial charge is 0.290 e. The summed E-state index contributed by atoms with van der Waals surface area (Å²) in [4.78, 5) is 14.0. The number of hydrogen-bond donors (Lipinski definition) is 1. The standard InChI is InChI=1S/C11H16N2O2.ClH/c1-8-3-6-15-10(8)11(14)13-5-4-12-7-9(13)2;/h3,6,9,12H,4-5,7H2,1-2H3;1H/t9-;/m0./s1. The minimum absolute atomic E-state index is 0. The molecular formula is C11H17ClN2O2. The van der Waals surface area contributed by atoms with Gasteiger partial charge in [-0.2, -0.15) is 0 Å². The van der Waals surface area contributed by atoms with E-state index in [0.29, 0.717) is 5.76 Å². The highest BCUT2D eigenvalue weighted by Crippen LogP contribution is 2.14. The summed E-state index contributed by atoms with van der Waals surface area (Å²) < 4.78 is 5.22. The van der Waals surface area contributed by atoms with E-state index in [1.165, 1.54) is 0 Å². The second-order valence-corrected chi connectivity index (χ2v) is 3.98. The van der Waals surface area contributed by atoms with Crippen LogP contribution in [0.2, 0.25) is 0 Å². The number of hydrogen-bond acceptors (Lipinski definition) is 3. The molecule has 5 heteroatoms. The Morgan fingerprint density at radius 3 is 2.94 bits per heavy atom. The van der Waals surface area contributed by atoms with Gasteiger partial charge >= 0.3 is 0 Å². The lowest BCUT2D eigenvalue weighted by atomic mass is 10.2. The molecule has 0 aromatic carbocycles. The number of aryl methyl sites for hydroxylation is 1. The van der Waals surface area contributed by atoms with Crippen LogP contribution in [0.4, 0.5) is 0 Å². The van der Waals surface area contributed by atoms with Gasteiger partial charge in [-0.25, -0.2) is 0 Å².